The highest BCUT2D eigenvalue weighted by molar-refractivity contribution is 6.32. The Kier molecular flexibility index (Phi) is 5.10. The number of fused-ring (bicyclic) bond motifs is 1. The number of aliphatic hydroxyl groups excluding tert-OH is 1. The van der Waals surface area contributed by atoms with Crippen LogP contribution in [0.2, 0.25) is 5.02 Å². The van der Waals surface area contributed by atoms with Crippen LogP contribution in [0.25, 0.3) is 0 Å². The molecule has 0 saturated heterocycles. The second-order valence-electron chi connectivity index (χ2n) is 5.14. The van der Waals surface area contributed by atoms with Crippen molar-refractivity contribution in [3.8, 4) is 11.5 Å². The monoisotopic (exact) mass is 300 g/mol. The summed E-state index contributed by atoms with van der Waals surface area (Å²) in [5, 5.41) is 13.1. The van der Waals surface area contributed by atoms with Crippen LogP contribution < -0.4 is 20.5 Å². The van der Waals surface area contributed by atoms with Crippen molar-refractivity contribution in [3.05, 3.63) is 22.7 Å². The van der Waals surface area contributed by atoms with Gasteiger partial charge in [0.05, 0.1) is 5.02 Å². The zero-order chi connectivity index (χ0) is 14.7. The first kappa shape index (κ1) is 15.4. The van der Waals surface area contributed by atoms with E-state index in [2.05, 4.69) is 5.32 Å². The maximum atomic E-state index is 9.20. The van der Waals surface area contributed by atoms with E-state index in [9.17, 15) is 5.11 Å². The van der Waals surface area contributed by atoms with E-state index in [-0.39, 0.29) is 31.4 Å². The summed E-state index contributed by atoms with van der Waals surface area (Å²) in [6.45, 7) is 4.76. The molecule has 3 atom stereocenters. The Morgan fingerprint density at radius 1 is 1.40 bits per heavy atom. The average molecular weight is 301 g/mol. The Balaban J connectivity index is 2.18. The normalized spacial score (nSPS) is 17.9. The van der Waals surface area contributed by atoms with Crippen LogP contribution in [0.3, 0.4) is 0 Å². The zero-order valence-electron chi connectivity index (χ0n) is 11.7. The highest BCUT2D eigenvalue weighted by atomic mass is 35.5. The molecule has 6 heteroatoms. The van der Waals surface area contributed by atoms with Crippen molar-refractivity contribution >= 4 is 11.6 Å². The number of nitrogens with two attached hydrogens (primary N) is 1. The number of ether oxygens (including phenoxy) is 2. The van der Waals surface area contributed by atoms with E-state index >= 15 is 0 Å². The van der Waals surface area contributed by atoms with Crippen LogP contribution in [0.15, 0.2) is 12.1 Å². The number of hydrogen-bond donors (Lipinski definition) is 3. The van der Waals surface area contributed by atoms with Crippen LogP contribution >= 0.6 is 11.6 Å². The van der Waals surface area contributed by atoms with E-state index in [0.29, 0.717) is 23.1 Å². The predicted octanol–water partition coefficient (Wildman–Crippen LogP) is 1.67. The minimum Gasteiger partial charge on any atom is -0.454 e. The smallest absolute Gasteiger partial charge is 0.231 e. The Hall–Kier alpha value is -1.01. The van der Waals surface area contributed by atoms with Gasteiger partial charge in [-0.15, -0.1) is 0 Å². The summed E-state index contributed by atoms with van der Waals surface area (Å²) in [6.07, 6.45) is 0. The lowest BCUT2D eigenvalue weighted by molar-refractivity contribution is 0.174. The van der Waals surface area contributed by atoms with Crippen molar-refractivity contribution < 1.29 is 14.6 Å². The van der Waals surface area contributed by atoms with Crippen LogP contribution in [0.4, 0.5) is 0 Å². The van der Waals surface area contributed by atoms with Gasteiger partial charge in [0.25, 0.3) is 0 Å². The van der Waals surface area contributed by atoms with E-state index in [4.69, 9.17) is 26.8 Å². The predicted molar refractivity (Wildman–Crippen MR) is 78.2 cm³/mol. The molecule has 0 spiro atoms. The molecular weight excluding hydrogens is 280 g/mol. The maximum absolute atomic E-state index is 9.20. The van der Waals surface area contributed by atoms with Crippen molar-refractivity contribution in [1.82, 2.24) is 5.32 Å². The largest absolute Gasteiger partial charge is 0.454 e. The molecule has 1 aliphatic rings. The fourth-order valence-electron chi connectivity index (χ4n) is 2.13. The molecule has 0 fully saturated rings. The molecule has 1 aromatic rings. The molecule has 112 valence electrons. The number of nitrogens with one attached hydrogen (secondary N) is 1. The molecule has 3 unspecified atom stereocenters. The summed E-state index contributed by atoms with van der Waals surface area (Å²) < 4.78 is 10.7. The van der Waals surface area contributed by atoms with Gasteiger partial charge in [0.15, 0.2) is 11.5 Å². The Morgan fingerprint density at radius 2 is 2.15 bits per heavy atom. The SMILES string of the molecule is CC(CO)C(C)NC(CN)c1cc(Cl)c2c(c1)OCO2. The molecule has 20 heavy (non-hydrogen) atoms. The summed E-state index contributed by atoms with van der Waals surface area (Å²) in [6, 6.07) is 3.83. The maximum Gasteiger partial charge on any atom is 0.231 e. The Morgan fingerprint density at radius 3 is 2.80 bits per heavy atom. The Bertz CT molecular complexity index is 470. The van der Waals surface area contributed by atoms with Crippen molar-refractivity contribution in [2.45, 2.75) is 25.9 Å². The number of halogens is 1. The summed E-state index contributed by atoms with van der Waals surface area (Å²) >= 11 is 6.19. The first-order chi connectivity index (χ1) is 9.56. The van der Waals surface area contributed by atoms with E-state index < -0.39 is 0 Å². The van der Waals surface area contributed by atoms with E-state index in [1.165, 1.54) is 0 Å². The molecule has 0 bridgehead atoms. The molecule has 1 heterocycles. The first-order valence-corrected chi connectivity index (χ1v) is 7.10. The van der Waals surface area contributed by atoms with E-state index in [1.807, 2.05) is 26.0 Å². The summed E-state index contributed by atoms with van der Waals surface area (Å²) in [7, 11) is 0. The van der Waals surface area contributed by atoms with Gasteiger partial charge in [-0.05, 0) is 30.5 Å². The third kappa shape index (κ3) is 3.17. The molecule has 1 aromatic carbocycles. The fraction of sp³-hybridized carbons (Fsp3) is 0.571. The van der Waals surface area contributed by atoms with Crippen LogP contribution in [0, 0.1) is 5.92 Å². The molecule has 2 rings (SSSR count). The fourth-order valence-corrected chi connectivity index (χ4v) is 2.40. The number of aliphatic hydroxyl groups is 1. The number of benzene rings is 1. The van der Waals surface area contributed by atoms with Crippen LogP contribution in [-0.4, -0.2) is 31.1 Å². The molecule has 1 aliphatic heterocycles. The van der Waals surface area contributed by atoms with Crippen molar-refractivity contribution in [2.75, 3.05) is 19.9 Å². The second kappa shape index (κ2) is 6.63. The lowest BCUT2D eigenvalue weighted by Crippen LogP contribution is -2.39. The number of hydrogen-bond acceptors (Lipinski definition) is 5. The molecule has 0 amide bonds. The summed E-state index contributed by atoms with van der Waals surface area (Å²) in [5.74, 6) is 1.38. The van der Waals surface area contributed by atoms with Crippen molar-refractivity contribution in [2.24, 2.45) is 11.7 Å². The van der Waals surface area contributed by atoms with Gasteiger partial charge >= 0.3 is 0 Å². The third-order valence-electron chi connectivity index (χ3n) is 3.69. The average Bonchev–Trinajstić information content (AvgIpc) is 2.92. The van der Waals surface area contributed by atoms with Gasteiger partial charge in [-0.2, -0.15) is 0 Å². The summed E-state index contributed by atoms with van der Waals surface area (Å²) in [5.41, 5.74) is 6.81. The minimum absolute atomic E-state index is 0.0500. The molecule has 0 aliphatic carbocycles. The molecule has 5 nitrogen and oxygen atoms in total. The van der Waals surface area contributed by atoms with E-state index in [0.717, 1.165) is 5.56 Å². The third-order valence-corrected chi connectivity index (χ3v) is 3.97. The lowest BCUT2D eigenvalue weighted by Gasteiger charge is -2.26. The van der Waals surface area contributed by atoms with Gasteiger partial charge in [-0.1, -0.05) is 18.5 Å². The Labute approximate surface area is 124 Å². The van der Waals surface area contributed by atoms with Crippen molar-refractivity contribution in [1.29, 1.82) is 0 Å². The molecule has 0 radical (unpaired) electrons. The van der Waals surface area contributed by atoms with Gasteiger partial charge in [0.1, 0.15) is 0 Å². The van der Waals surface area contributed by atoms with Crippen LogP contribution in [0.5, 0.6) is 11.5 Å². The van der Waals surface area contributed by atoms with Gasteiger partial charge in [0, 0.05) is 25.2 Å². The van der Waals surface area contributed by atoms with E-state index in [1.54, 1.807) is 0 Å². The van der Waals surface area contributed by atoms with Crippen LogP contribution in [-0.2, 0) is 0 Å². The first-order valence-electron chi connectivity index (χ1n) is 6.72. The molecule has 0 saturated carbocycles. The minimum atomic E-state index is -0.0500. The number of rotatable bonds is 6. The van der Waals surface area contributed by atoms with Gasteiger partial charge in [-0.25, -0.2) is 0 Å². The van der Waals surface area contributed by atoms with Gasteiger partial charge in [-0.3, -0.25) is 0 Å². The highest BCUT2D eigenvalue weighted by Crippen LogP contribution is 2.41. The van der Waals surface area contributed by atoms with Crippen LogP contribution in [0.1, 0.15) is 25.5 Å². The standard InChI is InChI=1S/C14H21ClN2O3/c1-8(6-18)9(2)17-12(5-16)10-3-11(15)14-13(4-10)19-7-20-14/h3-4,8-9,12,17-18H,5-7,16H2,1-2H3. The summed E-state index contributed by atoms with van der Waals surface area (Å²) in [4.78, 5) is 0. The van der Waals surface area contributed by atoms with Gasteiger partial charge < -0.3 is 25.6 Å². The molecular formula is C14H21ClN2O3. The molecule has 4 N–H and O–H groups in total. The second-order valence-corrected chi connectivity index (χ2v) is 5.55. The lowest BCUT2D eigenvalue weighted by atomic mass is 10.0. The quantitative estimate of drug-likeness (QED) is 0.745. The highest BCUT2D eigenvalue weighted by Gasteiger charge is 2.23. The molecule has 0 aromatic heterocycles. The topological polar surface area (TPSA) is 76.7 Å². The van der Waals surface area contributed by atoms with Crippen molar-refractivity contribution in [3.63, 3.8) is 0 Å². The zero-order valence-corrected chi connectivity index (χ0v) is 12.5. The van der Waals surface area contributed by atoms with Gasteiger partial charge in [0.2, 0.25) is 6.79 Å².